The quantitative estimate of drug-likeness (QED) is 0.541. The van der Waals surface area contributed by atoms with E-state index in [0.29, 0.717) is 24.2 Å². The topological polar surface area (TPSA) is 102 Å². The van der Waals surface area contributed by atoms with Gasteiger partial charge in [0, 0.05) is 24.6 Å². The number of benzene rings is 2. The monoisotopic (exact) mass is 372 g/mol. The van der Waals surface area contributed by atoms with E-state index in [1.165, 1.54) is 11.8 Å². The fourth-order valence-electron chi connectivity index (χ4n) is 3.02. The van der Waals surface area contributed by atoms with E-state index in [0.717, 1.165) is 17.9 Å². The zero-order valence-corrected chi connectivity index (χ0v) is 15.2. The summed E-state index contributed by atoms with van der Waals surface area (Å²) in [5.74, 6) is 1.52. The molecule has 140 valence electrons. The highest BCUT2D eigenvalue weighted by Crippen LogP contribution is 2.14. The summed E-state index contributed by atoms with van der Waals surface area (Å²) >= 11 is 0. The van der Waals surface area contributed by atoms with Gasteiger partial charge in [0.25, 0.3) is 5.56 Å². The Morgan fingerprint density at radius 1 is 0.964 bits per heavy atom. The van der Waals surface area contributed by atoms with Gasteiger partial charge in [-0.15, -0.1) is 0 Å². The normalized spacial score (nSPS) is 10.9. The SMILES string of the molecule is Nc1ncc(Cc2nc(CCc3ccccc3)nn2-c2ccccc2)c(=O)[nH]1. The van der Waals surface area contributed by atoms with Gasteiger partial charge in [0.05, 0.1) is 5.69 Å². The molecule has 2 aromatic heterocycles. The molecule has 0 atom stereocenters. The summed E-state index contributed by atoms with van der Waals surface area (Å²) in [4.78, 5) is 23.4. The van der Waals surface area contributed by atoms with Crippen LogP contribution in [-0.4, -0.2) is 24.7 Å². The number of para-hydroxylation sites is 1. The minimum Gasteiger partial charge on any atom is -0.369 e. The highest BCUT2D eigenvalue weighted by atomic mass is 16.1. The number of hydrogen-bond donors (Lipinski definition) is 2. The van der Waals surface area contributed by atoms with E-state index in [4.69, 9.17) is 10.7 Å². The van der Waals surface area contributed by atoms with Crippen LogP contribution < -0.4 is 11.3 Å². The number of nitrogens with zero attached hydrogens (tertiary/aromatic N) is 4. The van der Waals surface area contributed by atoms with Gasteiger partial charge in [-0.25, -0.2) is 14.6 Å². The summed E-state index contributed by atoms with van der Waals surface area (Å²) in [7, 11) is 0. The first-order chi connectivity index (χ1) is 13.7. The molecule has 0 aliphatic rings. The third kappa shape index (κ3) is 3.98. The van der Waals surface area contributed by atoms with Gasteiger partial charge in [-0.2, -0.15) is 5.10 Å². The van der Waals surface area contributed by atoms with Crippen LogP contribution >= 0.6 is 0 Å². The van der Waals surface area contributed by atoms with E-state index in [1.54, 1.807) is 4.68 Å². The standard InChI is InChI=1S/C21H20N6O/c22-21-23-14-16(20(28)25-21)13-19-24-18(12-11-15-7-3-1-4-8-15)26-27(19)17-9-5-2-6-10-17/h1-10,14H,11-13H2,(H3,22,23,25,28). The number of anilines is 1. The van der Waals surface area contributed by atoms with Gasteiger partial charge in [-0.1, -0.05) is 48.5 Å². The second-order valence-corrected chi connectivity index (χ2v) is 6.48. The molecule has 7 heteroatoms. The Labute approximate surface area is 161 Å². The molecule has 0 fully saturated rings. The van der Waals surface area contributed by atoms with Gasteiger partial charge < -0.3 is 5.73 Å². The molecule has 0 spiro atoms. The van der Waals surface area contributed by atoms with Crippen molar-refractivity contribution < 1.29 is 0 Å². The summed E-state index contributed by atoms with van der Waals surface area (Å²) in [5.41, 5.74) is 7.91. The van der Waals surface area contributed by atoms with E-state index >= 15 is 0 Å². The molecule has 0 saturated carbocycles. The molecule has 0 aliphatic heterocycles. The van der Waals surface area contributed by atoms with Crippen molar-refractivity contribution >= 4 is 5.95 Å². The Hall–Kier alpha value is -3.74. The van der Waals surface area contributed by atoms with E-state index in [-0.39, 0.29) is 11.5 Å². The van der Waals surface area contributed by atoms with Gasteiger partial charge in [-0.3, -0.25) is 9.78 Å². The molecule has 7 nitrogen and oxygen atoms in total. The number of aryl methyl sites for hydroxylation is 2. The Kier molecular flexibility index (Phi) is 4.97. The number of nitrogen functional groups attached to an aromatic ring is 1. The molecule has 4 aromatic rings. The fraction of sp³-hybridized carbons (Fsp3) is 0.143. The number of nitrogens with one attached hydrogen (secondary N) is 1. The average molecular weight is 372 g/mol. The first kappa shape index (κ1) is 17.7. The highest BCUT2D eigenvalue weighted by molar-refractivity contribution is 5.32. The van der Waals surface area contributed by atoms with E-state index in [2.05, 4.69) is 27.2 Å². The molecule has 0 aliphatic carbocycles. The first-order valence-electron chi connectivity index (χ1n) is 9.07. The largest absolute Gasteiger partial charge is 0.369 e. The maximum absolute atomic E-state index is 12.2. The molecular formula is C21H20N6O. The predicted molar refractivity (Wildman–Crippen MR) is 107 cm³/mol. The number of aromatic amines is 1. The van der Waals surface area contributed by atoms with Crippen LogP contribution in [0.1, 0.15) is 22.8 Å². The summed E-state index contributed by atoms with van der Waals surface area (Å²) in [6.07, 6.45) is 3.37. The van der Waals surface area contributed by atoms with Crippen LogP contribution in [0.4, 0.5) is 5.95 Å². The van der Waals surface area contributed by atoms with Crippen molar-refractivity contribution in [3.63, 3.8) is 0 Å². The van der Waals surface area contributed by atoms with Crippen molar-refractivity contribution in [2.75, 3.05) is 5.73 Å². The van der Waals surface area contributed by atoms with Crippen LogP contribution in [0, 0.1) is 0 Å². The van der Waals surface area contributed by atoms with Crippen molar-refractivity contribution in [2.45, 2.75) is 19.3 Å². The third-order valence-electron chi connectivity index (χ3n) is 4.44. The van der Waals surface area contributed by atoms with Crippen molar-refractivity contribution in [3.05, 3.63) is 100.0 Å². The third-order valence-corrected chi connectivity index (χ3v) is 4.44. The van der Waals surface area contributed by atoms with Crippen molar-refractivity contribution in [2.24, 2.45) is 0 Å². The zero-order chi connectivity index (χ0) is 19.3. The van der Waals surface area contributed by atoms with E-state index < -0.39 is 0 Å². The first-order valence-corrected chi connectivity index (χ1v) is 9.07. The number of H-pyrrole nitrogens is 1. The Morgan fingerprint density at radius 2 is 1.68 bits per heavy atom. The minimum absolute atomic E-state index is 0.0989. The maximum Gasteiger partial charge on any atom is 0.255 e. The lowest BCUT2D eigenvalue weighted by Crippen LogP contribution is -2.17. The molecule has 3 N–H and O–H groups in total. The summed E-state index contributed by atoms with van der Waals surface area (Å²) < 4.78 is 1.79. The lowest BCUT2D eigenvalue weighted by molar-refractivity contribution is 0.785. The number of nitrogens with two attached hydrogens (primary N) is 1. The summed E-state index contributed by atoms with van der Waals surface area (Å²) in [6, 6.07) is 20.0. The van der Waals surface area contributed by atoms with Gasteiger partial charge in [0.1, 0.15) is 5.82 Å². The Balaban J connectivity index is 1.65. The van der Waals surface area contributed by atoms with E-state index in [9.17, 15) is 4.79 Å². The van der Waals surface area contributed by atoms with Crippen molar-refractivity contribution in [1.82, 2.24) is 24.7 Å². The smallest absolute Gasteiger partial charge is 0.255 e. The Morgan fingerprint density at radius 3 is 2.39 bits per heavy atom. The highest BCUT2D eigenvalue weighted by Gasteiger charge is 2.14. The second kappa shape index (κ2) is 7.87. The summed E-state index contributed by atoms with van der Waals surface area (Å²) in [6.45, 7) is 0. The van der Waals surface area contributed by atoms with Crippen LogP contribution in [-0.2, 0) is 19.3 Å². The molecule has 28 heavy (non-hydrogen) atoms. The maximum atomic E-state index is 12.2. The molecule has 4 rings (SSSR count). The second-order valence-electron chi connectivity index (χ2n) is 6.48. The van der Waals surface area contributed by atoms with E-state index in [1.807, 2.05) is 48.5 Å². The Bertz CT molecular complexity index is 1120. The number of rotatable bonds is 6. The number of aromatic nitrogens is 5. The molecule has 0 bridgehead atoms. The van der Waals surface area contributed by atoms with Crippen LogP contribution in [0.25, 0.3) is 5.69 Å². The van der Waals surface area contributed by atoms with Crippen LogP contribution in [0.2, 0.25) is 0 Å². The van der Waals surface area contributed by atoms with Crippen LogP contribution in [0.3, 0.4) is 0 Å². The number of hydrogen-bond acceptors (Lipinski definition) is 5. The summed E-state index contributed by atoms with van der Waals surface area (Å²) in [5, 5.41) is 4.69. The molecule has 0 saturated heterocycles. The minimum atomic E-state index is -0.263. The fourth-order valence-corrected chi connectivity index (χ4v) is 3.02. The lowest BCUT2D eigenvalue weighted by atomic mass is 10.1. The van der Waals surface area contributed by atoms with Gasteiger partial charge in [0.15, 0.2) is 11.8 Å². The predicted octanol–water partition coefficient (Wildman–Crippen LogP) is 2.31. The zero-order valence-electron chi connectivity index (χ0n) is 15.2. The van der Waals surface area contributed by atoms with Crippen molar-refractivity contribution in [1.29, 1.82) is 0 Å². The lowest BCUT2D eigenvalue weighted by Gasteiger charge is -2.05. The van der Waals surface area contributed by atoms with Crippen LogP contribution in [0.5, 0.6) is 0 Å². The van der Waals surface area contributed by atoms with Crippen molar-refractivity contribution in [3.8, 4) is 5.69 Å². The molecule has 2 heterocycles. The van der Waals surface area contributed by atoms with Gasteiger partial charge in [-0.05, 0) is 24.1 Å². The average Bonchev–Trinajstić information content (AvgIpc) is 3.13. The molecule has 2 aromatic carbocycles. The molecule has 0 amide bonds. The van der Waals surface area contributed by atoms with Crippen LogP contribution in [0.15, 0.2) is 71.7 Å². The molecule has 0 unspecified atom stereocenters. The van der Waals surface area contributed by atoms with Gasteiger partial charge >= 0.3 is 0 Å². The molecule has 0 radical (unpaired) electrons. The van der Waals surface area contributed by atoms with Gasteiger partial charge in [0.2, 0.25) is 0 Å². The molecular weight excluding hydrogens is 352 g/mol.